The molecule has 0 amide bonds. The number of ether oxygens (including phenoxy) is 1. The van der Waals surface area contributed by atoms with Crippen molar-refractivity contribution in [2.45, 2.75) is 27.0 Å². The number of aryl methyl sites for hydroxylation is 2. The van der Waals surface area contributed by atoms with Crippen LogP contribution in [0.25, 0.3) is 11.8 Å². The van der Waals surface area contributed by atoms with Gasteiger partial charge in [-0.15, -0.1) is 0 Å². The Balaban J connectivity index is 1.68. The number of nitrogens with zero attached hydrogens (tertiary/aromatic N) is 4. The summed E-state index contributed by atoms with van der Waals surface area (Å²) in [6.45, 7) is 3.95. The zero-order chi connectivity index (χ0) is 20.4. The van der Waals surface area contributed by atoms with Gasteiger partial charge >= 0.3 is 0 Å². The van der Waals surface area contributed by atoms with Crippen LogP contribution in [0.2, 0.25) is 0 Å². The SMILES string of the molecule is Cc1cc(=O)n(C2=Cc3c(ccn3COc3cccc(C#N)c3)CC=C2)c(C)n1. The van der Waals surface area contributed by atoms with E-state index in [1.54, 1.807) is 22.8 Å². The van der Waals surface area contributed by atoms with Crippen molar-refractivity contribution in [3.05, 3.63) is 93.4 Å². The number of aromatic nitrogens is 3. The molecule has 0 bridgehead atoms. The molecule has 0 atom stereocenters. The lowest BCUT2D eigenvalue weighted by molar-refractivity contribution is 0.236. The maximum atomic E-state index is 12.6. The molecule has 0 N–H and O–H groups in total. The first kappa shape index (κ1) is 18.5. The molecular weight excluding hydrogens is 364 g/mol. The zero-order valence-electron chi connectivity index (χ0n) is 16.3. The van der Waals surface area contributed by atoms with E-state index in [9.17, 15) is 4.79 Å². The Morgan fingerprint density at radius 2 is 2.10 bits per heavy atom. The molecule has 2 heterocycles. The van der Waals surface area contributed by atoms with E-state index in [1.807, 2.05) is 48.9 Å². The average molecular weight is 384 g/mol. The van der Waals surface area contributed by atoms with Gasteiger partial charge in [0.25, 0.3) is 5.56 Å². The largest absolute Gasteiger partial charge is 0.473 e. The first-order chi connectivity index (χ1) is 14.0. The third-order valence-corrected chi connectivity index (χ3v) is 4.81. The molecule has 1 aliphatic carbocycles. The molecule has 4 rings (SSSR count). The average Bonchev–Trinajstić information content (AvgIpc) is 2.94. The summed E-state index contributed by atoms with van der Waals surface area (Å²) in [5.41, 5.74) is 4.06. The lowest BCUT2D eigenvalue weighted by Crippen LogP contribution is -2.22. The lowest BCUT2D eigenvalue weighted by Gasteiger charge is -2.13. The van der Waals surface area contributed by atoms with Gasteiger partial charge in [-0.1, -0.05) is 12.1 Å². The predicted molar refractivity (Wildman–Crippen MR) is 111 cm³/mol. The maximum absolute atomic E-state index is 12.6. The van der Waals surface area contributed by atoms with E-state index in [0.717, 1.165) is 23.4 Å². The number of benzene rings is 1. The maximum Gasteiger partial charge on any atom is 0.258 e. The van der Waals surface area contributed by atoms with Gasteiger partial charge in [-0.2, -0.15) is 5.26 Å². The molecule has 144 valence electrons. The van der Waals surface area contributed by atoms with Crippen molar-refractivity contribution >= 4 is 11.8 Å². The van der Waals surface area contributed by atoms with Crippen molar-refractivity contribution in [1.82, 2.24) is 14.1 Å². The van der Waals surface area contributed by atoms with Crippen LogP contribution in [0.1, 0.15) is 28.3 Å². The van der Waals surface area contributed by atoms with Gasteiger partial charge in [-0.05, 0) is 62.2 Å². The van der Waals surface area contributed by atoms with Crippen LogP contribution in [0.4, 0.5) is 0 Å². The van der Waals surface area contributed by atoms with Gasteiger partial charge in [0.2, 0.25) is 0 Å². The fourth-order valence-electron chi connectivity index (χ4n) is 3.48. The number of hydrogen-bond donors (Lipinski definition) is 0. The van der Waals surface area contributed by atoms with Gasteiger partial charge in [0.05, 0.1) is 17.3 Å². The molecule has 3 aromatic rings. The van der Waals surface area contributed by atoms with Gasteiger partial charge in [-0.25, -0.2) is 4.98 Å². The molecule has 0 aliphatic heterocycles. The third-order valence-electron chi connectivity index (χ3n) is 4.81. The van der Waals surface area contributed by atoms with E-state index in [0.29, 0.717) is 29.6 Å². The van der Waals surface area contributed by atoms with Crippen molar-refractivity contribution in [2.24, 2.45) is 0 Å². The quantitative estimate of drug-likeness (QED) is 0.688. The second-order valence-corrected chi connectivity index (χ2v) is 6.90. The van der Waals surface area contributed by atoms with Crippen LogP contribution in [-0.4, -0.2) is 14.1 Å². The van der Waals surface area contributed by atoms with Gasteiger partial charge < -0.3 is 9.30 Å². The number of hydrogen-bond acceptors (Lipinski definition) is 4. The molecule has 0 saturated heterocycles. The summed E-state index contributed by atoms with van der Waals surface area (Å²) < 4.78 is 9.49. The molecule has 6 nitrogen and oxygen atoms in total. The van der Waals surface area contributed by atoms with E-state index in [-0.39, 0.29) is 5.56 Å². The van der Waals surface area contributed by atoms with Gasteiger partial charge in [0.1, 0.15) is 11.6 Å². The van der Waals surface area contributed by atoms with Crippen molar-refractivity contribution < 1.29 is 4.74 Å². The predicted octanol–water partition coefficient (Wildman–Crippen LogP) is 3.68. The van der Waals surface area contributed by atoms with Crippen LogP contribution in [0.3, 0.4) is 0 Å². The lowest BCUT2D eigenvalue weighted by atomic mass is 10.2. The van der Waals surface area contributed by atoms with Crippen molar-refractivity contribution in [2.75, 3.05) is 0 Å². The Morgan fingerprint density at radius 1 is 1.24 bits per heavy atom. The highest BCUT2D eigenvalue weighted by Gasteiger charge is 2.14. The molecule has 1 aromatic carbocycles. The van der Waals surface area contributed by atoms with Gasteiger partial charge in [0, 0.05) is 23.7 Å². The normalized spacial score (nSPS) is 12.7. The second kappa shape index (κ2) is 7.64. The highest BCUT2D eigenvalue weighted by Crippen LogP contribution is 2.23. The van der Waals surface area contributed by atoms with Crippen molar-refractivity contribution in [1.29, 1.82) is 5.26 Å². The van der Waals surface area contributed by atoms with Gasteiger partial charge in [-0.3, -0.25) is 9.36 Å². The van der Waals surface area contributed by atoms with Crippen LogP contribution >= 0.6 is 0 Å². The molecule has 0 fully saturated rings. The Bertz CT molecular complexity index is 1240. The molecule has 0 spiro atoms. The highest BCUT2D eigenvalue weighted by atomic mass is 16.5. The van der Waals surface area contributed by atoms with Gasteiger partial charge in [0.15, 0.2) is 6.73 Å². The molecule has 2 aromatic heterocycles. The first-order valence-corrected chi connectivity index (χ1v) is 9.32. The smallest absolute Gasteiger partial charge is 0.258 e. The van der Waals surface area contributed by atoms with Crippen LogP contribution in [0.5, 0.6) is 5.75 Å². The molecule has 0 saturated carbocycles. The summed E-state index contributed by atoms with van der Waals surface area (Å²) in [6.07, 6.45) is 8.71. The van der Waals surface area contributed by atoms with E-state index in [2.05, 4.69) is 17.1 Å². The Kier molecular flexibility index (Phi) is 4.88. The summed E-state index contributed by atoms with van der Waals surface area (Å²) in [5, 5.41) is 9.04. The summed E-state index contributed by atoms with van der Waals surface area (Å²) in [4.78, 5) is 17.0. The first-order valence-electron chi connectivity index (χ1n) is 9.32. The summed E-state index contributed by atoms with van der Waals surface area (Å²) in [7, 11) is 0. The molecule has 0 unspecified atom stereocenters. The summed E-state index contributed by atoms with van der Waals surface area (Å²) >= 11 is 0. The van der Waals surface area contributed by atoms with Crippen LogP contribution in [-0.2, 0) is 13.2 Å². The van der Waals surface area contributed by atoms with Crippen LogP contribution in [0, 0.1) is 25.2 Å². The fourth-order valence-corrected chi connectivity index (χ4v) is 3.48. The standard InChI is InChI=1S/C23H20N4O2/c1-16-11-23(28)27(17(2)25-16)20-7-4-6-19-9-10-26(22(19)13-20)15-29-21-8-3-5-18(12-21)14-24/h3-5,7-13H,6,15H2,1-2H3. The van der Waals surface area contributed by atoms with Crippen LogP contribution < -0.4 is 10.3 Å². The Hall–Kier alpha value is -3.85. The Labute approximate surface area is 168 Å². The van der Waals surface area contributed by atoms with Crippen molar-refractivity contribution in [3.63, 3.8) is 0 Å². The summed E-state index contributed by atoms with van der Waals surface area (Å²) in [5.74, 6) is 1.29. The number of rotatable bonds is 4. The molecule has 1 aliphatic rings. The topological polar surface area (TPSA) is 72.8 Å². The van der Waals surface area contributed by atoms with E-state index in [1.165, 1.54) is 6.07 Å². The molecule has 6 heteroatoms. The van der Waals surface area contributed by atoms with E-state index >= 15 is 0 Å². The minimum Gasteiger partial charge on any atom is -0.473 e. The molecule has 29 heavy (non-hydrogen) atoms. The zero-order valence-corrected chi connectivity index (χ0v) is 16.3. The molecule has 0 radical (unpaired) electrons. The second-order valence-electron chi connectivity index (χ2n) is 6.90. The van der Waals surface area contributed by atoms with E-state index < -0.39 is 0 Å². The minimum absolute atomic E-state index is 0.1000. The number of nitriles is 1. The third kappa shape index (κ3) is 3.76. The van der Waals surface area contributed by atoms with E-state index in [4.69, 9.17) is 10.00 Å². The number of allylic oxidation sites excluding steroid dienone is 3. The fraction of sp³-hybridized carbons (Fsp3) is 0.174. The monoisotopic (exact) mass is 384 g/mol. The highest BCUT2D eigenvalue weighted by molar-refractivity contribution is 5.78. The Morgan fingerprint density at radius 3 is 2.90 bits per heavy atom. The summed E-state index contributed by atoms with van der Waals surface area (Å²) in [6, 6.07) is 12.8. The molecular formula is C23H20N4O2. The minimum atomic E-state index is -0.1000. The number of fused-ring (bicyclic) bond motifs is 1. The van der Waals surface area contributed by atoms with Crippen LogP contribution in [0.15, 0.2) is 59.5 Å². The van der Waals surface area contributed by atoms with Crippen molar-refractivity contribution in [3.8, 4) is 11.8 Å².